The fraction of sp³-hybridized carbons (Fsp3) is 0.385. The van der Waals surface area contributed by atoms with Crippen molar-refractivity contribution in [3.8, 4) is 0 Å². The lowest BCUT2D eigenvalue weighted by Crippen LogP contribution is -2.40. The molecule has 1 heterocycles. The number of rotatable bonds is 6. The van der Waals surface area contributed by atoms with Crippen LogP contribution in [0.4, 0.5) is 0 Å². The Morgan fingerprint density at radius 2 is 2.00 bits per heavy atom. The van der Waals surface area contributed by atoms with Crippen LogP contribution in [-0.2, 0) is 13.0 Å². The second-order valence-corrected chi connectivity index (χ2v) is 8.78. The summed E-state index contributed by atoms with van der Waals surface area (Å²) < 4.78 is 0. The van der Waals surface area contributed by atoms with E-state index in [-0.39, 0.29) is 11.9 Å². The fourth-order valence-corrected chi connectivity index (χ4v) is 4.87. The van der Waals surface area contributed by atoms with Crippen molar-refractivity contribution in [3.05, 3.63) is 76.0 Å². The molecule has 31 heavy (non-hydrogen) atoms. The Kier molecular flexibility index (Phi) is 5.96. The monoisotopic (exact) mass is 417 g/mol. The van der Waals surface area contributed by atoms with Gasteiger partial charge < -0.3 is 20.7 Å². The Labute approximate surface area is 184 Å². The summed E-state index contributed by atoms with van der Waals surface area (Å²) in [6.45, 7) is 4.50. The van der Waals surface area contributed by atoms with E-state index in [1.165, 1.54) is 11.1 Å². The van der Waals surface area contributed by atoms with Gasteiger partial charge in [-0.25, -0.2) is 0 Å². The maximum atomic E-state index is 13.1. The van der Waals surface area contributed by atoms with Crippen LogP contribution in [0.15, 0.2) is 42.6 Å². The fourth-order valence-electron chi connectivity index (χ4n) is 4.87. The third kappa shape index (κ3) is 4.15. The Morgan fingerprint density at radius 1 is 1.26 bits per heavy atom. The van der Waals surface area contributed by atoms with Crippen LogP contribution in [-0.4, -0.2) is 40.8 Å². The Morgan fingerprint density at radius 3 is 2.61 bits per heavy atom. The van der Waals surface area contributed by atoms with Gasteiger partial charge in [0.25, 0.3) is 5.91 Å². The third-order valence-electron chi connectivity index (χ3n) is 6.59. The smallest absolute Gasteiger partial charge is 0.254 e. The molecule has 0 spiro atoms. The summed E-state index contributed by atoms with van der Waals surface area (Å²) >= 11 is 0. The Balaban J connectivity index is 1.55. The highest BCUT2D eigenvalue weighted by Crippen LogP contribution is 2.33. The minimum Gasteiger partial charge on any atom is -0.393 e. The molecule has 5 nitrogen and oxygen atoms in total. The zero-order valence-corrected chi connectivity index (χ0v) is 18.5. The highest BCUT2D eigenvalue weighted by atomic mass is 16.3. The van der Waals surface area contributed by atoms with Crippen LogP contribution in [0, 0.1) is 12.3 Å². The van der Waals surface area contributed by atoms with Gasteiger partial charge in [0.05, 0.1) is 12.1 Å². The lowest BCUT2D eigenvalue weighted by Gasteiger charge is -2.26. The second-order valence-electron chi connectivity index (χ2n) is 8.78. The van der Waals surface area contributed by atoms with Crippen LogP contribution in [0.3, 0.4) is 0 Å². The summed E-state index contributed by atoms with van der Waals surface area (Å²) in [5.41, 5.74) is 7.79. The van der Waals surface area contributed by atoms with Crippen LogP contribution in [0.2, 0.25) is 0 Å². The van der Waals surface area contributed by atoms with Crippen molar-refractivity contribution in [1.82, 2.24) is 10.2 Å². The predicted octanol–water partition coefficient (Wildman–Crippen LogP) is 4.05. The molecule has 0 radical (unpaired) electrons. The molecule has 1 aliphatic carbocycles. The van der Waals surface area contributed by atoms with Crippen molar-refractivity contribution in [2.45, 2.75) is 58.2 Å². The first kappa shape index (κ1) is 21.3. The lowest BCUT2D eigenvalue weighted by atomic mass is 9.94. The molecule has 1 fully saturated rings. The molecule has 2 aliphatic rings. The first-order valence-corrected chi connectivity index (χ1v) is 11.0. The van der Waals surface area contributed by atoms with Crippen molar-refractivity contribution in [2.24, 2.45) is 0 Å². The molecule has 2 atom stereocenters. The maximum absolute atomic E-state index is 13.1. The molecule has 0 unspecified atom stereocenters. The van der Waals surface area contributed by atoms with Crippen molar-refractivity contribution >= 4 is 17.2 Å². The van der Waals surface area contributed by atoms with E-state index in [0.717, 1.165) is 53.5 Å². The first-order chi connectivity index (χ1) is 14.9. The SMILES string of the molecule is CN/C=C(\C(C)=N)c1ccc(Cc2cc3c(cc2C)CN([C@H]2CCC[C@@H]2O)C3=O)cc1. The summed E-state index contributed by atoms with van der Waals surface area (Å²) in [4.78, 5) is 14.9. The van der Waals surface area contributed by atoms with Gasteiger partial charge in [0.15, 0.2) is 0 Å². The minimum absolute atomic E-state index is 0.0478. The Hall–Kier alpha value is -2.92. The van der Waals surface area contributed by atoms with Gasteiger partial charge >= 0.3 is 0 Å². The zero-order chi connectivity index (χ0) is 22.1. The van der Waals surface area contributed by atoms with E-state index < -0.39 is 6.10 Å². The molecule has 162 valence electrons. The average molecular weight is 418 g/mol. The molecule has 5 heteroatoms. The van der Waals surface area contributed by atoms with Crippen LogP contribution >= 0.6 is 0 Å². The molecule has 2 aromatic carbocycles. The first-order valence-electron chi connectivity index (χ1n) is 11.0. The van der Waals surface area contributed by atoms with Gasteiger partial charge in [0, 0.05) is 36.6 Å². The molecule has 1 aliphatic heterocycles. The number of benzene rings is 2. The summed E-state index contributed by atoms with van der Waals surface area (Å²) in [5.74, 6) is 0.0563. The van der Waals surface area contributed by atoms with Crippen molar-refractivity contribution in [3.63, 3.8) is 0 Å². The van der Waals surface area contributed by atoms with Crippen molar-refractivity contribution in [1.29, 1.82) is 5.41 Å². The van der Waals surface area contributed by atoms with Gasteiger partial charge in [-0.1, -0.05) is 30.3 Å². The van der Waals surface area contributed by atoms with E-state index in [9.17, 15) is 9.90 Å². The number of aliphatic hydroxyl groups is 1. The molecule has 0 bridgehead atoms. The second kappa shape index (κ2) is 8.67. The Bertz CT molecular complexity index is 1040. The van der Waals surface area contributed by atoms with E-state index in [4.69, 9.17) is 5.41 Å². The average Bonchev–Trinajstić information content (AvgIpc) is 3.30. The van der Waals surface area contributed by atoms with Gasteiger partial charge in [-0.05, 0) is 73.4 Å². The maximum Gasteiger partial charge on any atom is 0.254 e. The molecule has 1 saturated carbocycles. The summed E-state index contributed by atoms with van der Waals surface area (Å²) in [6, 6.07) is 12.4. The zero-order valence-electron chi connectivity index (χ0n) is 18.5. The lowest BCUT2D eigenvalue weighted by molar-refractivity contribution is 0.0479. The number of hydrogen-bond acceptors (Lipinski definition) is 4. The standard InChI is InChI=1S/C26H31N3O2/c1-16-11-21-15-29(24-5-4-6-25(24)30)26(31)22(21)13-20(16)12-18-7-9-19(10-8-18)23(14-28-3)17(2)27/h7-11,13-14,24-25,27-28,30H,4-6,12,15H2,1-3H3/b23-14+,27-17?/t24-,25-/m0/s1. The summed E-state index contributed by atoms with van der Waals surface area (Å²) in [6.07, 6.45) is 4.86. The van der Waals surface area contributed by atoms with Gasteiger partial charge in [-0.15, -0.1) is 0 Å². The molecular formula is C26H31N3O2. The highest BCUT2D eigenvalue weighted by Gasteiger charge is 2.38. The predicted molar refractivity (Wildman–Crippen MR) is 124 cm³/mol. The topological polar surface area (TPSA) is 76.4 Å². The molecule has 0 saturated heterocycles. The number of hydrogen-bond donors (Lipinski definition) is 3. The molecule has 0 aromatic heterocycles. The number of nitrogens with one attached hydrogen (secondary N) is 2. The van der Waals surface area contributed by atoms with Crippen molar-refractivity contribution < 1.29 is 9.90 Å². The van der Waals surface area contributed by atoms with Crippen molar-refractivity contribution in [2.75, 3.05) is 7.05 Å². The third-order valence-corrected chi connectivity index (χ3v) is 6.59. The van der Waals surface area contributed by atoms with E-state index in [1.807, 2.05) is 30.3 Å². The number of carbonyl (C=O) groups is 1. The van der Waals surface area contributed by atoms with Crippen LogP contribution < -0.4 is 5.32 Å². The van der Waals surface area contributed by atoms with E-state index in [1.54, 1.807) is 6.92 Å². The molecule has 4 rings (SSSR count). The van der Waals surface area contributed by atoms with E-state index >= 15 is 0 Å². The molecule has 2 aromatic rings. The van der Waals surface area contributed by atoms with Gasteiger partial charge in [0.2, 0.25) is 0 Å². The summed E-state index contributed by atoms with van der Waals surface area (Å²) in [5, 5.41) is 21.2. The molecule has 3 N–H and O–H groups in total. The van der Waals surface area contributed by atoms with Crippen LogP contribution in [0.1, 0.15) is 64.4 Å². The van der Waals surface area contributed by atoms with E-state index in [0.29, 0.717) is 12.3 Å². The highest BCUT2D eigenvalue weighted by molar-refractivity contribution is 6.21. The minimum atomic E-state index is -0.399. The number of allylic oxidation sites excluding steroid dienone is 1. The van der Waals surface area contributed by atoms with Crippen LogP contribution in [0.25, 0.3) is 5.57 Å². The number of aliphatic hydroxyl groups excluding tert-OH is 1. The van der Waals surface area contributed by atoms with E-state index in [2.05, 4.69) is 36.5 Å². The van der Waals surface area contributed by atoms with Gasteiger partial charge in [-0.2, -0.15) is 0 Å². The van der Waals surface area contributed by atoms with Gasteiger partial charge in [-0.3, -0.25) is 4.79 Å². The van der Waals surface area contributed by atoms with Gasteiger partial charge in [0.1, 0.15) is 0 Å². The molecular weight excluding hydrogens is 386 g/mol. The largest absolute Gasteiger partial charge is 0.393 e. The molecule has 1 amide bonds. The van der Waals surface area contributed by atoms with Crippen LogP contribution in [0.5, 0.6) is 0 Å². The quantitative estimate of drug-likeness (QED) is 0.621. The number of fused-ring (bicyclic) bond motifs is 1. The number of carbonyl (C=O) groups excluding carboxylic acids is 1. The number of aryl methyl sites for hydroxylation is 1. The normalized spacial score (nSPS) is 20.8. The number of amides is 1. The summed E-state index contributed by atoms with van der Waals surface area (Å²) in [7, 11) is 1.84. The number of nitrogens with zero attached hydrogens (tertiary/aromatic N) is 1.